The van der Waals surface area contributed by atoms with Crippen LogP contribution < -0.4 is 10.5 Å². The predicted octanol–water partition coefficient (Wildman–Crippen LogP) is 1.57. The molecule has 0 aromatic heterocycles. The van der Waals surface area contributed by atoms with Gasteiger partial charge in [-0.1, -0.05) is 0 Å². The molecule has 0 aliphatic heterocycles. The maximum Gasteiger partial charge on any atom is 0.346 e. The van der Waals surface area contributed by atoms with Gasteiger partial charge in [-0.25, -0.2) is 4.79 Å². The number of hydrogen-bond acceptors (Lipinski definition) is 5. The molecule has 1 aromatic carbocycles. The Morgan fingerprint density at radius 2 is 2.00 bits per heavy atom. The minimum absolute atomic E-state index is 0.000428. The minimum Gasteiger partial charge on any atom is -0.482 e. The molecule has 0 spiro atoms. The summed E-state index contributed by atoms with van der Waals surface area (Å²) in [5.41, 5.74) is 6.18. The first-order valence-corrected chi connectivity index (χ1v) is 5.96. The van der Waals surface area contributed by atoms with Gasteiger partial charge in [0.2, 0.25) is 0 Å². The van der Waals surface area contributed by atoms with Gasteiger partial charge in [-0.2, -0.15) is 0 Å². The van der Waals surface area contributed by atoms with E-state index in [0.29, 0.717) is 24.0 Å². The van der Waals surface area contributed by atoms with Gasteiger partial charge in [0.05, 0.1) is 6.61 Å². The molecular weight excluding hydrogens is 234 g/mol. The van der Waals surface area contributed by atoms with Crippen LogP contribution in [0.2, 0.25) is 0 Å². The van der Waals surface area contributed by atoms with E-state index in [-0.39, 0.29) is 13.4 Å². The van der Waals surface area contributed by atoms with Gasteiger partial charge >= 0.3 is 5.97 Å². The summed E-state index contributed by atoms with van der Waals surface area (Å²) >= 11 is 0. The van der Waals surface area contributed by atoms with Gasteiger partial charge in [0, 0.05) is 5.69 Å². The second kappa shape index (κ2) is 6.26. The van der Waals surface area contributed by atoms with E-state index in [1.807, 2.05) is 0 Å². The fourth-order valence-electron chi connectivity index (χ4n) is 1.35. The van der Waals surface area contributed by atoms with Gasteiger partial charge in [0.15, 0.2) is 13.4 Å². The third kappa shape index (κ3) is 4.63. The van der Waals surface area contributed by atoms with Crippen LogP contribution in [-0.2, 0) is 14.3 Å². The van der Waals surface area contributed by atoms with Crippen LogP contribution in [0.25, 0.3) is 0 Å². The summed E-state index contributed by atoms with van der Waals surface area (Å²) in [5.74, 6) is 0.803. The molecule has 5 heteroatoms. The van der Waals surface area contributed by atoms with Crippen molar-refractivity contribution in [2.75, 3.05) is 25.7 Å². The summed E-state index contributed by atoms with van der Waals surface area (Å²) in [6, 6.07) is 6.82. The highest BCUT2D eigenvalue weighted by Gasteiger charge is 2.21. The van der Waals surface area contributed by atoms with Gasteiger partial charge in [-0.15, -0.1) is 0 Å². The lowest BCUT2D eigenvalue weighted by atomic mass is 10.3. The minimum atomic E-state index is -0.442. The number of nitrogens with two attached hydrogens (primary N) is 1. The summed E-state index contributed by atoms with van der Waals surface area (Å²) in [4.78, 5) is 11.3. The fraction of sp³-hybridized carbons (Fsp3) is 0.462. The first-order valence-electron chi connectivity index (χ1n) is 5.96. The van der Waals surface area contributed by atoms with Gasteiger partial charge < -0.3 is 19.9 Å². The normalized spacial score (nSPS) is 14.2. The monoisotopic (exact) mass is 251 g/mol. The Bertz CT molecular complexity index is 386. The molecule has 0 heterocycles. The Labute approximate surface area is 106 Å². The topological polar surface area (TPSA) is 70.8 Å². The SMILES string of the molecule is Nc1ccc(OCC(=O)OCOCC2CC2)cc1. The molecule has 2 rings (SSSR count). The van der Waals surface area contributed by atoms with E-state index >= 15 is 0 Å². The molecule has 0 amide bonds. The first kappa shape index (κ1) is 12.7. The highest BCUT2D eigenvalue weighted by atomic mass is 16.7. The standard InChI is InChI=1S/C13H17NO4/c14-11-3-5-12(6-4-11)17-8-13(15)18-9-16-7-10-1-2-10/h3-6,10H,1-2,7-9,14H2. The molecule has 1 saturated carbocycles. The van der Waals surface area contributed by atoms with Crippen molar-refractivity contribution in [2.45, 2.75) is 12.8 Å². The lowest BCUT2D eigenvalue weighted by Gasteiger charge is -2.07. The molecule has 18 heavy (non-hydrogen) atoms. The number of nitrogen functional groups attached to an aromatic ring is 1. The van der Waals surface area contributed by atoms with Crippen molar-refractivity contribution in [3.8, 4) is 5.75 Å². The number of ether oxygens (including phenoxy) is 3. The molecular formula is C13H17NO4. The van der Waals surface area contributed by atoms with E-state index in [0.717, 1.165) is 0 Å². The quantitative estimate of drug-likeness (QED) is 0.345. The van der Waals surface area contributed by atoms with Crippen molar-refractivity contribution in [3.63, 3.8) is 0 Å². The summed E-state index contributed by atoms with van der Waals surface area (Å²) < 4.78 is 15.3. The molecule has 0 bridgehead atoms. The van der Waals surface area contributed by atoms with Crippen molar-refractivity contribution in [1.82, 2.24) is 0 Å². The Balaban J connectivity index is 1.57. The highest BCUT2D eigenvalue weighted by molar-refractivity contribution is 5.71. The van der Waals surface area contributed by atoms with Crippen LogP contribution in [0, 0.1) is 5.92 Å². The maximum absolute atomic E-state index is 11.3. The number of esters is 1. The van der Waals surface area contributed by atoms with Crippen LogP contribution in [0.1, 0.15) is 12.8 Å². The molecule has 2 N–H and O–H groups in total. The molecule has 98 valence electrons. The summed E-state index contributed by atoms with van der Waals surface area (Å²) in [6.45, 7) is 0.545. The second-order valence-electron chi connectivity index (χ2n) is 4.31. The smallest absolute Gasteiger partial charge is 0.346 e. The number of anilines is 1. The number of hydrogen-bond donors (Lipinski definition) is 1. The zero-order chi connectivity index (χ0) is 12.8. The van der Waals surface area contributed by atoms with E-state index < -0.39 is 5.97 Å². The molecule has 0 atom stereocenters. The Kier molecular flexibility index (Phi) is 4.41. The third-order valence-electron chi connectivity index (χ3n) is 2.59. The first-order chi connectivity index (χ1) is 8.74. The van der Waals surface area contributed by atoms with E-state index in [4.69, 9.17) is 19.9 Å². The van der Waals surface area contributed by atoms with Crippen molar-refractivity contribution >= 4 is 11.7 Å². The van der Waals surface area contributed by atoms with Crippen LogP contribution in [-0.4, -0.2) is 26.0 Å². The molecule has 5 nitrogen and oxygen atoms in total. The van der Waals surface area contributed by atoms with Gasteiger partial charge in [-0.3, -0.25) is 0 Å². The van der Waals surface area contributed by atoms with Gasteiger partial charge in [-0.05, 0) is 43.0 Å². The Hall–Kier alpha value is -1.75. The number of rotatable bonds is 7. The zero-order valence-electron chi connectivity index (χ0n) is 10.1. The lowest BCUT2D eigenvalue weighted by molar-refractivity contribution is -0.158. The third-order valence-corrected chi connectivity index (χ3v) is 2.59. The molecule has 0 saturated heterocycles. The lowest BCUT2D eigenvalue weighted by Crippen LogP contribution is -2.17. The van der Waals surface area contributed by atoms with Crippen LogP contribution >= 0.6 is 0 Å². The van der Waals surface area contributed by atoms with Crippen LogP contribution in [0.5, 0.6) is 5.75 Å². The number of carbonyl (C=O) groups excluding carboxylic acids is 1. The predicted molar refractivity (Wildman–Crippen MR) is 66.0 cm³/mol. The van der Waals surface area contributed by atoms with Crippen molar-refractivity contribution in [2.24, 2.45) is 5.92 Å². The molecule has 1 aliphatic rings. The second-order valence-corrected chi connectivity index (χ2v) is 4.31. The van der Waals surface area contributed by atoms with Crippen molar-refractivity contribution < 1.29 is 19.0 Å². The fourth-order valence-corrected chi connectivity index (χ4v) is 1.35. The highest BCUT2D eigenvalue weighted by Crippen LogP contribution is 2.28. The van der Waals surface area contributed by atoms with E-state index in [1.54, 1.807) is 24.3 Å². The average molecular weight is 251 g/mol. The largest absolute Gasteiger partial charge is 0.482 e. The number of benzene rings is 1. The summed E-state index contributed by atoms with van der Waals surface area (Å²) in [7, 11) is 0. The van der Waals surface area contributed by atoms with Crippen LogP contribution in [0.3, 0.4) is 0 Å². The van der Waals surface area contributed by atoms with E-state index in [2.05, 4.69) is 0 Å². The van der Waals surface area contributed by atoms with Crippen molar-refractivity contribution in [3.05, 3.63) is 24.3 Å². The molecule has 0 radical (unpaired) electrons. The van der Waals surface area contributed by atoms with Gasteiger partial charge in [0.25, 0.3) is 0 Å². The van der Waals surface area contributed by atoms with Crippen molar-refractivity contribution in [1.29, 1.82) is 0 Å². The van der Waals surface area contributed by atoms with E-state index in [1.165, 1.54) is 12.8 Å². The summed E-state index contributed by atoms with van der Waals surface area (Å²) in [6.07, 6.45) is 2.43. The Morgan fingerprint density at radius 3 is 2.67 bits per heavy atom. The van der Waals surface area contributed by atoms with E-state index in [9.17, 15) is 4.79 Å². The summed E-state index contributed by atoms with van der Waals surface area (Å²) in [5, 5.41) is 0. The maximum atomic E-state index is 11.3. The average Bonchev–Trinajstić information content (AvgIpc) is 3.18. The Morgan fingerprint density at radius 1 is 1.28 bits per heavy atom. The van der Waals surface area contributed by atoms with Crippen LogP contribution in [0.15, 0.2) is 24.3 Å². The van der Waals surface area contributed by atoms with Crippen LogP contribution in [0.4, 0.5) is 5.69 Å². The number of carbonyl (C=O) groups is 1. The molecule has 1 aliphatic carbocycles. The molecule has 1 aromatic rings. The molecule has 0 unspecified atom stereocenters. The van der Waals surface area contributed by atoms with Gasteiger partial charge in [0.1, 0.15) is 5.75 Å². The zero-order valence-corrected chi connectivity index (χ0v) is 10.1. The molecule has 1 fully saturated rings.